The van der Waals surface area contributed by atoms with Crippen LogP contribution < -0.4 is 0 Å². The lowest BCUT2D eigenvalue weighted by molar-refractivity contribution is -0.138. The number of carbonyl (C=O) groups is 2. The standard InChI is InChI=1S/C11H20N2O3/c1-8(2)13(9(3)14)10-4-5-12(6-10)7-11(15)16/h8,10H,4-7H2,1-3H3,(H,15,16)/t10-/m0/s1. The van der Waals surface area contributed by atoms with Gasteiger partial charge in [-0.15, -0.1) is 0 Å². The highest BCUT2D eigenvalue weighted by Gasteiger charge is 2.31. The van der Waals surface area contributed by atoms with Crippen LogP contribution in [0.15, 0.2) is 0 Å². The molecule has 0 aliphatic carbocycles. The molecule has 1 aliphatic rings. The van der Waals surface area contributed by atoms with Gasteiger partial charge in [0.25, 0.3) is 0 Å². The number of carbonyl (C=O) groups excluding carboxylic acids is 1. The summed E-state index contributed by atoms with van der Waals surface area (Å²) >= 11 is 0. The van der Waals surface area contributed by atoms with Crippen LogP contribution in [0.1, 0.15) is 27.2 Å². The molecule has 16 heavy (non-hydrogen) atoms. The van der Waals surface area contributed by atoms with Gasteiger partial charge in [-0.05, 0) is 20.3 Å². The molecule has 0 radical (unpaired) electrons. The summed E-state index contributed by atoms with van der Waals surface area (Å²) in [5.41, 5.74) is 0. The molecule has 0 aromatic rings. The van der Waals surface area contributed by atoms with Gasteiger partial charge in [0.15, 0.2) is 0 Å². The van der Waals surface area contributed by atoms with Gasteiger partial charge < -0.3 is 10.0 Å². The van der Waals surface area contributed by atoms with Gasteiger partial charge in [0.1, 0.15) is 0 Å². The highest BCUT2D eigenvalue weighted by molar-refractivity contribution is 5.74. The van der Waals surface area contributed by atoms with Gasteiger partial charge in [0.2, 0.25) is 5.91 Å². The van der Waals surface area contributed by atoms with Crippen molar-refractivity contribution in [2.75, 3.05) is 19.6 Å². The molecule has 1 fully saturated rings. The Bertz CT molecular complexity index is 278. The first kappa shape index (κ1) is 13.0. The van der Waals surface area contributed by atoms with Crippen molar-refractivity contribution in [2.45, 2.75) is 39.3 Å². The van der Waals surface area contributed by atoms with Crippen LogP contribution in [0.3, 0.4) is 0 Å². The average Bonchev–Trinajstić information content (AvgIpc) is 2.50. The van der Waals surface area contributed by atoms with Gasteiger partial charge in [0, 0.05) is 32.1 Å². The second kappa shape index (κ2) is 5.30. The number of rotatable bonds is 4. The van der Waals surface area contributed by atoms with Crippen molar-refractivity contribution in [1.29, 1.82) is 0 Å². The van der Waals surface area contributed by atoms with E-state index in [1.165, 1.54) is 0 Å². The zero-order valence-electron chi connectivity index (χ0n) is 10.1. The van der Waals surface area contributed by atoms with Crippen LogP contribution in [0.2, 0.25) is 0 Å². The monoisotopic (exact) mass is 228 g/mol. The first-order valence-corrected chi connectivity index (χ1v) is 5.65. The first-order chi connectivity index (χ1) is 7.41. The van der Waals surface area contributed by atoms with Crippen LogP contribution in [-0.4, -0.2) is 58.5 Å². The number of aliphatic carboxylic acids is 1. The lowest BCUT2D eigenvalue weighted by Gasteiger charge is -2.31. The third kappa shape index (κ3) is 3.20. The van der Waals surface area contributed by atoms with Crippen molar-refractivity contribution in [3.05, 3.63) is 0 Å². The summed E-state index contributed by atoms with van der Waals surface area (Å²) in [6, 6.07) is 0.337. The molecular weight excluding hydrogens is 208 g/mol. The number of amides is 1. The van der Waals surface area contributed by atoms with Crippen molar-refractivity contribution in [2.24, 2.45) is 0 Å². The highest BCUT2D eigenvalue weighted by Crippen LogP contribution is 2.17. The summed E-state index contributed by atoms with van der Waals surface area (Å²) in [6.07, 6.45) is 0.866. The van der Waals surface area contributed by atoms with E-state index in [0.717, 1.165) is 13.0 Å². The predicted octanol–water partition coefficient (Wildman–Crippen LogP) is 0.402. The van der Waals surface area contributed by atoms with Crippen molar-refractivity contribution >= 4 is 11.9 Å². The van der Waals surface area contributed by atoms with E-state index in [0.29, 0.717) is 6.54 Å². The summed E-state index contributed by atoms with van der Waals surface area (Å²) in [7, 11) is 0. The van der Waals surface area contributed by atoms with Crippen LogP contribution >= 0.6 is 0 Å². The van der Waals surface area contributed by atoms with Gasteiger partial charge in [-0.1, -0.05) is 0 Å². The molecule has 1 N–H and O–H groups in total. The van der Waals surface area contributed by atoms with Crippen LogP contribution in [0.25, 0.3) is 0 Å². The van der Waals surface area contributed by atoms with E-state index in [9.17, 15) is 9.59 Å². The van der Waals surface area contributed by atoms with E-state index in [4.69, 9.17) is 5.11 Å². The van der Waals surface area contributed by atoms with Gasteiger partial charge in [0.05, 0.1) is 6.54 Å². The zero-order chi connectivity index (χ0) is 12.3. The minimum Gasteiger partial charge on any atom is -0.480 e. The SMILES string of the molecule is CC(=O)N(C(C)C)[C@H]1CCN(CC(=O)O)C1. The molecule has 5 nitrogen and oxygen atoms in total. The predicted molar refractivity (Wildman–Crippen MR) is 60.1 cm³/mol. The molecule has 0 spiro atoms. The molecule has 5 heteroatoms. The number of carboxylic acid groups (broad SMARTS) is 1. The Labute approximate surface area is 96.0 Å². The molecule has 1 heterocycles. The lowest BCUT2D eigenvalue weighted by Crippen LogP contribution is -2.45. The minimum absolute atomic E-state index is 0.0668. The molecule has 92 valence electrons. The number of nitrogens with zero attached hydrogens (tertiary/aromatic N) is 2. The highest BCUT2D eigenvalue weighted by atomic mass is 16.4. The summed E-state index contributed by atoms with van der Waals surface area (Å²) in [6.45, 7) is 7.04. The van der Waals surface area contributed by atoms with Gasteiger partial charge in [-0.3, -0.25) is 14.5 Å². The van der Waals surface area contributed by atoms with Crippen LogP contribution in [-0.2, 0) is 9.59 Å². The minimum atomic E-state index is -0.806. The number of carboxylic acids is 1. The first-order valence-electron chi connectivity index (χ1n) is 5.65. The molecule has 1 aliphatic heterocycles. The summed E-state index contributed by atoms with van der Waals surface area (Å²) in [5.74, 6) is -0.739. The van der Waals surface area contributed by atoms with Crippen molar-refractivity contribution in [1.82, 2.24) is 9.80 Å². The van der Waals surface area contributed by atoms with Gasteiger partial charge >= 0.3 is 5.97 Å². The zero-order valence-corrected chi connectivity index (χ0v) is 10.1. The second-order valence-electron chi connectivity index (χ2n) is 4.59. The third-order valence-electron chi connectivity index (χ3n) is 2.92. The Morgan fingerprint density at radius 2 is 2.12 bits per heavy atom. The Hall–Kier alpha value is -1.10. The van der Waals surface area contributed by atoms with E-state index in [1.807, 2.05) is 23.6 Å². The molecule has 1 rings (SSSR count). The fourth-order valence-electron chi connectivity index (χ4n) is 2.42. The quantitative estimate of drug-likeness (QED) is 0.756. The number of hydrogen-bond donors (Lipinski definition) is 1. The summed E-state index contributed by atoms with van der Waals surface area (Å²) < 4.78 is 0. The van der Waals surface area contributed by atoms with Gasteiger partial charge in [-0.25, -0.2) is 0 Å². The maximum atomic E-state index is 11.5. The van der Waals surface area contributed by atoms with Crippen molar-refractivity contribution < 1.29 is 14.7 Å². The number of hydrogen-bond acceptors (Lipinski definition) is 3. The second-order valence-corrected chi connectivity index (χ2v) is 4.59. The maximum Gasteiger partial charge on any atom is 0.317 e. The Morgan fingerprint density at radius 1 is 1.50 bits per heavy atom. The smallest absolute Gasteiger partial charge is 0.317 e. The Morgan fingerprint density at radius 3 is 2.56 bits per heavy atom. The van der Waals surface area contributed by atoms with Crippen LogP contribution in [0, 0.1) is 0 Å². The normalized spacial score (nSPS) is 21.4. The van der Waals surface area contributed by atoms with E-state index < -0.39 is 5.97 Å². The van der Waals surface area contributed by atoms with E-state index in [1.54, 1.807) is 6.92 Å². The molecule has 1 saturated heterocycles. The fraction of sp³-hybridized carbons (Fsp3) is 0.818. The molecule has 0 aromatic heterocycles. The third-order valence-corrected chi connectivity index (χ3v) is 2.92. The Balaban J connectivity index is 2.56. The summed E-state index contributed by atoms with van der Waals surface area (Å²) in [4.78, 5) is 25.8. The van der Waals surface area contributed by atoms with Crippen LogP contribution in [0.5, 0.6) is 0 Å². The fourth-order valence-corrected chi connectivity index (χ4v) is 2.42. The molecule has 0 unspecified atom stereocenters. The average molecular weight is 228 g/mol. The number of likely N-dealkylation sites (tertiary alicyclic amines) is 1. The Kier molecular flexibility index (Phi) is 4.29. The summed E-state index contributed by atoms with van der Waals surface area (Å²) in [5, 5.41) is 8.69. The lowest BCUT2D eigenvalue weighted by atomic mass is 10.1. The molecular formula is C11H20N2O3. The maximum absolute atomic E-state index is 11.5. The van der Waals surface area contributed by atoms with Crippen molar-refractivity contribution in [3.8, 4) is 0 Å². The topological polar surface area (TPSA) is 60.9 Å². The molecule has 1 atom stereocenters. The largest absolute Gasteiger partial charge is 0.480 e. The molecule has 1 amide bonds. The van der Waals surface area contributed by atoms with E-state index in [2.05, 4.69) is 0 Å². The van der Waals surface area contributed by atoms with Crippen LogP contribution in [0.4, 0.5) is 0 Å². The molecule has 0 aromatic carbocycles. The van der Waals surface area contributed by atoms with E-state index >= 15 is 0 Å². The van der Waals surface area contributed by atoms with Gasteiger partial charge in [-0.2, -0.15) is 0 Å². The molecule has 0 bridgehead atoms. The van der Waals surface area contributed by atoms with E-state index in [-0.39, 0.29) is 24.5 Å². The van der Waals surface area contributed by atoms with Crippen molar-refractivity contribution in [3.63, 3.8) is 0 Å². The molecule has 0 saturated carbocycles.